The first-order valence-corrected chi connectivity index (χ1v) is 7.46. The second-order valence-electron chi connectivity index (χ2n) is 5.76. The maximum absolute atomic E-state index is 10.3. The van der Waals surface area contributed by atoms with Crippen LogP contribution in [0.5, 0.6) is 0 Å². The molecule has 21 heavy (non-hydrogen) atoms. The number of aliphatic hydroxyl groups excluding tert-OH is 1. The highest BCUT2D eigenvalue weighted by molar-refractivity contribution is 5.20. The average molecular weight is 287 g/mol. The highest BCUT2D eigenvalue weighted by Crippen LogP contribution is 2.21. The molecular weight excluding hydrogens is 262 g/mol. The summed E-state index contributed by atoms with van der Waals surface area (Å²) in [7, 11) is 1.95. The summed E-state index contributed by atoms with van der Waals surface area (Å²) in [5.74, 6) is 0. The maximum atomic E-state index is 10.3. The van der Waals surface area contributed by atoms with Crippen molar-refractivity contribution in [3.05, 3.63) is 53.3 Å². The van der Waals surface area contributed by atoms with Crippen LogP contribution in [-0.2, 0) is 7.05 Å². The van der Waals surface area contributed by atoms with Gasteiger partial charge in [0, 0.05) is 30.4 Å². The second-order valence-corrected chi connectivity index (χ2v) is 5.76. The molecule has 3 unspecified atom stereocenters. The fourth-order valence-electron chi connectivity index (χ4n) is 2.67. The van der Waals surface area contributed by atoms with Crippen LogP contribution in [0.2, 0.25) is 0 Å². The van der Waals surface area contributed by atoms with E-state index in [1.54, 1.807) is 0 Å². The maximum Gasteiger partial charge on any atom is 0.0804 e. The highest BCUT2D eigenvalue weighted by atomic mass is 16.3. The molecule has 1 aromatic heterocycles. The number of aliphatic hydroxyl groups is 1. The molecule has 0 saturated carbocycles. The highest BCUT2D eigenvalue weighted by Gasteiger charge is 2.17. The van der Waals surface area contributed by atoms with E-state index in [0.29, 0.717) is 6.42 Å². The third-order valence-electron chi connectivity index (χ3n) is 4.04. The molecule has 0 aliphatic carbocycles. The zero-order valence-electron chi connectivity index (χ0n) is 13.2. The SMILES string of the molecule is Cc1c(C(C)NC(C)CC(O)c2ccccc2)cnn1C. The number of hydrogen-bond donors (Lipinski definition) is 2. The molecule has 4 heteroatoms. The van der Waals surface area contributed by atoms with Crippen molar-refractivity contribution < 1.29 is 5.11 Å². The minimum absolute atomic E-state index is 0.217. The Morgan fingerprint density at radius 1 is 1.24 bits per heavy atom. The fraction of sp³-hybridized carbons (Fsp3) is 0.471. The van der Waals surface area contributed by atoms with E-state index in [-0.39, 0.29) is 12.1 Å². The normalized spacial score (nSPS) is 15.7. The van der Waals surface area contributed by atoms with Gasteiger partial charge in [-0.3, -0.25) is 4.68 Å². The van der Waals surface area contributed by atoms with Crippen LogP contribution in [0.1, 0.15) is 49.2 Å². The minimum Gasteiger partial charge on any atom is -0.388 e. The van der Waals surface area contributed by atoms with Gasteiger partial charge in [-0.05, 0) is 32.8 Å². The van der Waals surface area contributed by atoms with Crippen molar-refractivity contribution >= 4 is 0 Å². The Morgan fingerprint density at radius 3 is 2.48 bits per heavy atom. The van der Waals surface area contributed by atoms with Crippen LogP contribution in [-0.4, -0.2) is 20.9 Å². The molecule has 3 atom stereocenters. The van der Waals surface area contributed by atoms with Crippen LogP contribution in [0.15, 0.2) is 36.5 Å². The van der Waals surface area contributed by atoms with Crippen LogP contribution in [0.3, 0.4) is 0 Å². The lowest BCUT2D eigenvalue weighted by atomic mass is 10.0. The van der Waals surface area contributed by atoms with E-state index in [4.69, 9.17) is 0 Å². The van der Waals surface area contributed by atoms with Gasteiger partial charge in [0.1, 0.15) is 0 Å². The molecule has 0 fully saturated rings. The average Bonchev–Trinajstić information content (AvgIpc) is 2.79. The van der Waals surface area contributed by atoms with Crippen LogP contribution >= 0.6 is 0 Å². The van der Waals surface area contributed by atoms with Crippen molar-refractivity contribution in [3.8, 4) is 0 Å². The van der Waals surface area contributed by atoms with Crippen molar-refractivity contribution in [2.45, 2.75) is 45.4 Å². The smallest absolute Gasteiger partial charge is 0.0804 e. The molecular formula is C17H25N3O. The third-order valence-corrected chi connectivity index (χ3v) is 4.04. The first-order chi connectivity index (χ1) is 9.99. The van der Waals surface area contributed by atoms with Gasteiger partial charge in [0.15, 0.2) is 0 Å². The van der Waals surface area contributed by atoms with Gasteiger partial charge in [0.25, 0.3) is 0 Å². The van der Waals surface area contributed by atoms with E-state index in [1.165, 1.54) is 11.3 Å². The Morgan fingerprint density at radius 2 is 1.90 bits per heavy atom. The van der Waals surface area contributed by atoms with Gasteiger partial charge in [0.05, 0.1) is 12.3 Å². The number of benzene rings is 1. The summed E-state index contributed by atoms with van der Waals surface area (Å²) in [6, 6.07) is 10.2. The summed E-state index contributed by atoms with van der Waals surface area (Å²) in [5, 5.41) is 18.1. The van der Waals surface area contributed by atoms with Crippen molar-refractivity contribution in [3.63, 3.8) is 0 Å². The zero-order valence-corrected chi connectivity index (χ0v) is 13.2. The minimum atomic E-state index is -0.434. The van der Waals surface area contributed by atoms with E-state index >= 15 is 0 Å². The summed E-state index contributed by atoms with van der Waals surface area (Å²) in [6.45, 7) is 6.31. The van der Waals surface area contributed by atoms with Crippen LogP contribution in [0, 0.1) is 6.92 Å². The molecule has 2 N–H and O–H groups in total. The number of nitrogens with zero attached hydrogens (tertiary/aromatic N) is 2. The first kappa shape index (κ1) is 15.7. The standard InChI is InChI=1S/C17H25N3O/c1-12(10-17(21)15-8-6-5-7-9-15)19-13(2)16-11-18-20(4)14(16)3/h5-9,11-13,17,19,21H,10H2,1-4H3. The third kappa shape index (κ3) is 3.93. The first-order valence-electron chi connectivity index (χ1n) is 7.46. The number of aromatic nitrogens is 2. The molecule has 2 aromatic rings. The zero-order chi connectivity index (χ0) is 15.4. The van der Waals surface area contributed by atoms with Gasteiger partial charge in [-0.25, -0.2) is 0 Å². The molecule has 2 rings (SSSR count). The van der Waals surface area contributed by atoms with Crippen molar-refractivity contribution in [2.75, 3.05) is 0 Å². The van der Waals surface area contributed by atoms with Crippen molar-refractivity contribution in [2.24, 2.45) is 7.05 Å². The van der Waals surface area contributed by atoms with Gasteiger partial charge >= 0.3 is 0 Å². The Kier molecular flexibility index (Phi) is 5.15. The number of rotatable bonds is 6. The lowest BCUT2D eigenvalue weighted by Crippen LogP contribution is -2.30. The molecule has 0 radical (unpaired) electrons. The van der Waals surface area contributed by atoms with Crippen molar-refractivity contribution in [1.29, 1.82) is 0 Å². The van der Waals surface area contributed by atoms with Crippen molar-refractivity contribution in [1.82, 2.24) is 15.1 Å². The molecule has 0 saturated heterocycles. The Bertz CT molecular complexity index is 565. The Labute approximate surface area is 126 Å². The van der Waals surface area contributed by atoms with Gasteiger partial charge in [0.2, 0.25) is 0 Å². The summed E-state index contributed by atoms with van der Waals surface area (Å²) >= 11 is 0. The van der Waals surface area contributed by atoms with Crippen LogP contribution in [0.4, 0.5) is 0 Å². The van der Waals surface area contributed by atoms with Gasteiger partial charge in [-0.1, -0.05) is 30.3 Å². The van der Waals surface area contributed by atoms with Crippen LogP contribution in [0.25, 0.3) is 0 Å². The van der Waals surface area contributed by atoms with E-state index in [9.17, 15) is 5.11 Å². The lowest BCUT2D eigenvalue weighted by Gasteiger charge is -2.22. The lowest BCUT2D eigenvalue weighted by molar-refractivity contribution is 0.152. The summed E-state index contributed by atoms with van der Waals surface area (Å²) in [4.78, 5) is 0. The topological polar surface area (TPSA) is 50.1 Å². The molecule has 0 aliphatic heterocycles. The molecule has 0 amide bonds. The van der Waals surface area contributed by atoms with E-state index in [2.05, 4.69) is 31.2 Å². The molecule has 0 spiro atoms. The van der Waals surface area contributed by atoms with E-state index in [1.807, 2.05) is 48.3 Å². The fourth-order valence-corrected chi connectivity index (χ4v) is 2.67. The van der Waals surface area contributed by atoms with Crippen LogP contribution < -0.4 is 5.32 Å². The number of hydrogen-bond acceptors (Lipinski definition) is 3. The summed E-state index contributed by atoms with van der Waals surface area (Å²) < 4.78 is 1.89. The molecule has 4 nitrogen and oxygen atoms in total. The second kappa shape index (κ2) is 6.87. The number of aryl methyl sites for hydroxylation is 1. The van der Waals surface area contributed by atoms with Gasteiger partial charge in [-0.2, -0.15) is 5.10 Å². The largest absolute Gasteiger partial charge is 0.388 e. The Hall–Kier alpha value is -1.65. The van der Waals surface area contributed by atoms with E-state index in [0.717, 1.165) is 5.56 Å². The monoisotopic (exact) mass is 287 g/mol. The summed E-state index contributed by atoms with van der Waals surface area (Å²) in [6.07, 6.45) is 2.16. The molecule has 1 heterocycles. The van der Waals surface area contributed by atoms with E-state index < -0.39 is 6.10 Å². The predicted molar refractivity (Wildman–Crippen MR) is 85.0 cm³/mol. The molecule has 0 bridgehead atoms. The molecule has 114 valence electrons. The number of nitrogens with one attached hydrogen (secondary N) is 1. The quantitative estimate of drug-likeness (QED) is 0.859. The van der Waals surface area contributed by atoms with Gasteiger partial charge < -0.3 is 10.4 Å². The molecule has 1 aromatic carbocycles. The Balaban J connectivity index is 1.92. The molecule has 0 aliphatic rings. The predicted octanol–water partition coefficient (Wildman–Crippen LogP) is 2.89. The van der Waals surface area contributed by atoms with Gasteiger partial charge in [-0.15, -0.1) is 0 Å². The summed E-state index contributed by atoms with van der Waals surface area (Å²) in [5.41, 5.74) is 3.35.